The minimum absolute atomic E-state index is 0.121. The van der Waals surface area contributed by atoms with Gasteiger partial charge in [-0.2, -0.15) is 0 Å². The number of ether oxygens (including phenoxy) is 1. The second-order valence-corrected chi connectivity index (χ2v) is 5.47. The van der Waals surface area contributed by atoms with Crippen molar-refractivity contribution in [3.05, 3.63) is 0 Å². The molecule has 1 amide bonds. The smallest absolute Gasteiger partial charge is 0.410 e. The van der Waals surface area contributed by atoms with E-state index >= 15 is 0 Å². The Morgan fingerprint density at radius 2 is 2.07 bits per heavy atom. The van der Waals surface area contributed by atoms with Gasteiger partial charge in [0.15, 0.2) is 0 Å². The minimum atomic E-state index is -0.362. The van der Waals surface area contributed by atoms with E-state index in [4.69, 9.17) is 4.74 Å². The topological polar surface area (TPSA) is 29.5 Å². The maximum absolute atomic E-state index is 11.8. The van der Waals surface area contributed by atoms with Crippen LogP contribution in [0.15, 0.2) is 0 Å². The molecule has 0 aromatic heterocycles. The first-order valence-electron chi connectivity index (χ1n) is 5.45. The lowest BCUT2D eigenvalue weighted by atomic mass is 10.1. The lowest BCUT2D eigenvalue weighted by Crippen LogP contribution is -2.41. The minimum Gasteiger partial charge on any atom is -0.444 e. The van der Waals surface area contributed by atoms with Crippen LogP contribution in [-0.4, -0.2) is 29.2 Å². The summed E-state index contributed by atoms with van der Waals surface area (Å²) in [4.78, 5) is 13.7. The highest BCUT2D eigenvalue weighted by Gasteiger charge is 2.41. The van der Waals surface area contributed by atoms with E-state index in [1.807, 2.05) is 25.7 Å². The largest absolute Gasteiger partial charge is 0.444 e. The van der Waals surface area contributed by atoms with Crippen molar-refractivity contribution in [3.63, 3.8) is 0 Å². The molecule has 1 aliphatic carbocycles. The number of likely N-dealkylation sites (tertiary alicyclic amines) is 1. The number of carbonyl (C=O) groups is 1. The highest BCUT2D eigenvalue weighted by molar-refractivity contribution is 5.69. The van der Waals surface area contributed by atoms with Gasteiger partial charge in [-0.3, -0.25) is 0 Å². The second-order valence-electron chi connectivity index (χ2n) is 5.47. The van der Waals surface area contributed by atoms with Crippen LogP contribution in [0.25, 0.3) is 0 Å². The van der Waals surface area contributed by atoms with Crippen LogP contribution in [0, 0.1) is 5.92 Å². The molecule has 0 N–H and O–H groups in total. The van der Waals surface area contributed by atoms with E-state index in [-0.39, 0.29) is 11.7 Å². The number of amides is 1. The van der Waals surface area contributed by atoms with Gasteiger partial charge in [0.2, 0.25) is 0 Å². The van der Waals surface area contributed by atoms with E-state index in [9.17, 15) is 4.79 Å². The van der Waals surface area contributed by atoms with E-state index in [0.29, 0.717) is 6.04 Å². The standard InChI is InChI=1S/C11H19NO2/c1-11(2,3)14-10(13)12-7-8-4-5-9(12)6-8/h8-9H,4-7H2,1-3H3/t8-,9+/m0/s1. The molecule has 14 heavy (non-hydrogen) atoms. The third-order valence-corrected chi connectivity index (χ3v) is 3.04. The molecule has 2 rings (SSSR count). The van der Waals surface area contributed by atoms with Crippen LogP contribution in [-0.2, 0) is 4.74 Å². The van der Waals surface area contributed by atoms with Crippen molar-refractivity contribution in [1.82, 2.24) is 4.90 Å². The summed E-state index contributed by atoms with van der Waals surface area (Å²) in [6, 6.07) is 0.467. The molecule has 1 saturated carbocycles. The molecule has 3 nitrogen and oxygen atoms in total. The number of fused-ring (bicyclic) bond motifs is 2. The van der Waals surface area contributed by atoms with Crippen molar-refractivity contribution >= 4 is 6.09 Å². The first kappa shape index (κ1) is 9.81. The van der Waals surface area contributed by atoms with Crippen LogP contribution >= 0.6 is 0 Å². The zero-order chi connectivity index (χ0) is 10.3. The number of nitrogens with zero attached hydrogens (tertiary/aromatic N) is 1. The van der Waals surface area contributed by atoms with E-state index in [1.54, 1.807) is 0 Å². The van der Waals surface area contributed by atoms with Crippen LogP contribution in [0.1, 0.15) is 40.0 Å². The van der Waals surface area contributed by atoms with Crippen LogP contribution in [0.2, 0.25) is 0 Å². The second kappa shape index (κ2) is 3.14. The van der Waals surface area contributed by atoms with E-state index in [1.165, 1.54) is 19.3 Å². The van der Waals surface area contributed by atoms with Crippen LogP contribution < -0.4 is 0 Å². The molecule has 0 aromatic rings. The molecule has 0 aromatic carbocycles. The fraction of sp³-hybridized carbons (Fsp3) is 0.909. The zero-order valence-electron chi connectivity index (χ0n) is 9.25. The van der Waals surface area contributed by atoms with E-state index in [0.717, 1.165) is 12.5 Å². The fourth-order valence-corrected chi connectivity index (χ4v) is 2.47. The predicted octanol–water partition coefficient (Wildman–Crippen LogP) is 2.41. The molecule has 0 unspecified atom stereocenters. The number of piperidine rings is 1. The highest BCUT2D eigenvalue weighted by atomic mass is 16.6. The van der Waals surface area contributed by atoms with Gasteiger partial charge in [0.25, 0.3) is 0 Å². The zero-order valence-corrected chi connectivity index (χ0v) is 9.25. The van der Waals surface area contributed by atoms with Gasteiger partial charge in [0.1, 0.15) is 5.60 Å². The lowest BCUT2D eigenvalue weighted by molar-refractivity contribution is 0.0191. The molecule has 1 aliphatic heterocycles. The van der Waals surface area contributed by atoms with Gasteiger partial charge < -0.3 is 9.64 Å². The van der Waals surface area contributed by atoms with Crippen molar-refractivity contribution in [1.29, 1.82) is 0 Å². The van der Waals surface area contributed by atoms with Crippen LogP contribution in [0.5, 0.6) is 0 Å². The third-order valence-electron chi connectivity index (χ3n) is 3.04. The lowest BCUT2D eigenvalue weighted by Gasteiger charge is -2.30. The summed E-state index contributed by atoms with van der Waals surface area (Å²) < 4.78 is 5.36. The van der Waals surface area contributed by atoms with Gasteiger partial charge in [-0.05, 0) is 46.0 Å². The summed E-state index contributed by atoms with van der Waals surface area (Å²) in [5.41, 5.74) is -0.362. The van der Waals surface area contributed by atoms with Gasteiger partial charge in [0.05, 0.1) is 0 Å². The molecule has 1 saturated heterocycles. The Hall–Kier alpha value is -0.730. The molecule has 1 heterocycles. The Balaban J connectivity index is 1.93. The van der Waals surface area contributed by atoms with Gasteiger partial charge in [-0.25, -0.2) is 4.79 Å². The molecule has 2 bridgehead atoms. The van der Waals surface area contributed by atoms with Gasteiger partial charge in [0, 0.05) is 12.6 Å². The number of hydrogen-bond acceptors (Lipinski definition) is 2. The molecule has 2 atom stereocenters. The van der Waals surface area contributed by atoms with Gasteiger partial charge in [-0.15, -0.1) is 0 Å². The summed E-state index contributed by atoms with van der Waals surface area (Å²) in [5.74, 6) is 0.743. The van der Waals surface area contributed by atoms with Crippen LogP contribution in [0.4, 0.5) is 4.79 Å². The SMILES string of the molecule is CC(C)(C)OC(=O)N1C[C@H]2CC[C@@H]1C2. The van der Waals surface area contributed by atoms with Gasteiger partial charge >= 0.3 is 6.09 Å². The van der Waals surface area contributed by atoms with Gasteiger partial charge in [-0.1, -0.05) is 0 Å². The highest BCUT2D eigenvalue weighted by Crippen LogP contribution is 2.37. The summed E-state index contributed by atoms with van der Waals surface area (Å²) in [6.07, 6.45) is 3.54. The Labute approximate surface area is 85.4 Å². The normalized spacial score (nSPS) is 30.9. The van der Waals surface area contributed by atoms with E-state index in [2.05, 4.69) is 0 Å². The quantitative estimate of drug-likeness (QED) is 0.597. The fourth-order valence-electron chi connectivity index (χ4n) is 2.47. The maximum Gasteiger partial charge on any atom is 0.410 e. The first-order chi connectivity index (χ1) is 6.46. The molecular weight excluding hydrogens is 178 g/mol. The Bertz CT molecular complexity index is 244. The summed E-state index contributed by atoms with van der Waals surface area (Å²) in [5, 5.41) is 0. The number of carbonyl (C=O) groups excluding carboxylic acids is 1. The molecule has 80 valence electrons. The predicted molar refractivity (Wildman–Crippen MR) is 54.1 cm³/mol. The number of rotatable bonds is 0. The molecular formula is C11H19NO2. The van der Waals surface area contributed by atoms with Crippen molar-refractivity contribution in [3.8, 4) is 0 Å². The maximum atomic E-state index is 11.8. The molecule has 0 spiro atoms. The van der Waals surface area contributed by atoms with Crippen molar-refractivity contribution in [2.45, 2.75) is 51.7 Å². The van der Waals surface area contributed by atoms with Crippen molar-refractivity contribution in [2.75, 3.05) is 6.54 Å². The molecule has 2 aliphatic rings. The van der Waals surface area contributed by atoms with Crippen molar-refractivity contribution < 1.29 is 9.53 Å². The molecule has 3 heteroatoms. The Morgan fingerprint density at radius 1 is 1.36 bits per heavy atom. The third kappa shape index (κ3) is 1.86. The Morgan fingerprint density at radius 3 is 2.50 bits per heavy atom. The average Bonchev–Trinajstić information content (AvgIpc) is 2.59. The summed E-state index contributed by atoms with van der Waals surface area (Å²) >= 11 is 0. The molecule has 0 radical (unpaired) electrons. The first-order valence-corrected chi connectivity index (χ1v) is 5.45. The Kier molecular flexibility index (Phi) is 2.20. The molecule has 2 fully saturated rings. The van der Waals surface area contributed by atoms with E-state index < -0.39 is 0 Å². The van der Waals surface area contributed by atoms with Crippen molar-refractivity contribution in [2.24, 2.45) is 5.92 Å². The number of hydrogen-bond donors (Lipinski definition) is 0. The average molecular weight is 197 g/mol. The summed E-state index contributed by atoms with van der Waals surface area (Å²) in [6.45, 7) is 6.66. The van der Waals surface area contributed by atoms with Crippen LogP contribution in [0.3, 0.4) is 0 Å². The summed E-state index contributed by atoms with van der Waals surface area (Å²) in [7, 11) is 0. The monoisotopic (exact) mass is 197 g/mol.